The zero-order valence-corrected chi connectivity index (χ0v) is 10.5. The second kappa shape index (κ2) is 5.71. The van der Waals surface area contributed by atoms with Gasteiger partial charge in [-0.2, -0.15) is 0 Å². The molecule has 0 saturated heterocycles. The van der Waals surface area contributed by atoms with Gasteiger partial charge in [0.05, 0.1) is 5.69 Å². The lowest BCUT2D eigenvalue weighted by Gasteiger charge is -2.16. The van der Waals surface area contributed by atoms with Crippen molar-refractivity contribution >= 4 is 5.82 Å². The summed E-state index contributed by atoms with van der Waals surface area (Å²) >= 11 is 0. The van der Waals surface area contributed by atoms with E-state index in [0.717, 1.165) is 12.1 Å². The Kier molecular flexibility index (Phi) is 4.01. The molecular formula is C13H14F2N4. The monoisotopic (exact) mass is 264 g/mol. The summed E-state index contributed by atoms with van der Waals surface area (Å²) in [5.41, 5.74) is 6.43. The normalized spacial score (nSPS) is 10.5. The van der Waals surface area contributed by atoms with E-state index in [-0.39, 0.29) is 0 Å². The Morgan fingerprint density at radius 2 is 1.89 bits per heavy atom. The van der Waals surface area contributed by atoms with E-state index in [1.807, 2.05) is 11.9 Å². The van der Waals surface area contributed by atoms with Gasteiger partial charge in [-0.3, -0.25) is 0 Å². The number of hydrogen-bond donors (Lipinski definition) is 1. The predicted octanol–water partition coefficient (Wildman–Crippen LogP) is 1.82. The molecule has 6 heteroatoms. The number of nitrogens with zero attached hydrogens (tertiary/aromatic N) is 3. The van der Waals surface area contributed by atoms with Gasteiger partial charge >= 0.3 is 0 Å². The van der Waals surface area contributed by atoms with Crippen molar-refractivity contribution in [3.05, 3.63) is 42.0 Å². The topological polar surface area (TPSA) is 55.0 Å². The number of benzene rings is 1. The van der Waals surface area contributed by atoms with E-state index in [1.165, 1.54) is 6.07 Å². The van der Waals surface area contributed by atoms with Gasteiger partial charge in [0.15, 0.2) is 17.5 Å². The van der Waals surface area contributed by atoms with Crippen LogP contribution in [-0.4, -0.2) is 30.3 Å². The molecule has 0 fully saturated rings. The molecule has 1 heterocycles. The quantitative estimate of drug-likeness (QED) is 0.915. The molecule has 1 aromatic carbocycles. The van der Waals surface area contributed by atoms with Crippen LogP contribution in [0.3, 0.4) is 0 Å². The van der Waals surface area contributed by atoms with Crippen molar-refractivity contribution in [1.82, 2.24) is 10.2 Å². The Balaban J connectivity index is 2.24. The lowest BCUT2D eigenvalue weighted by molar-refractivity contribution is 0.509. The first-order valence-corrected chi connectivity index (χ1v) is 5.82. The van der Waals surface area contributed by atoms with Crippen molar-refractivity contribution in [3.63, 3.8) is 0 Å². The minimum atomic E-state index is -0.899. The molecule has 0 saturated carbocycles. The Labute approximate surface area is 109 Å². The van der Waals surface area contributed by atoms with Gasteiger partial charge < -0.3 is 10.6 Å². The SMILES string of the molecule is CN(CCN)c1ccc(-c2ccc(F)c(F)c2)nn1. The van der Waals surface area contributed by atoms with Crippen molar-refractivity contribution in [2.45, 2.75) is 0 Å². The Hall–Kier alpha value is -2.08. The molecule has 0 spiro atoms. The zero-order valence-electron chi connectivity index (χ0n) is 10.5. The van der Waals surface area contributed by atoms with Gasteiger partial charge in [0.2, 0.25) is 0 Å². The standard InChI is InChI=1S/C13H14F2N4/c1-19(7-6-16)13-5-4-12(17-18-13)9-2-3-10(14)11(15)8-9/h2-5,8H,6-7,16H2,1H3. The number of likely N-dealkylation sites (N-methyl/N-ethyl adjacent to an activating group) is 1. The first kappa shape index (κ1) is 13.4. The molecule has 0 bridgehead atoms. The number of hydrogen-bond acceptors (Lipinski definition) is 4. The average Bonchev–Trinajstić information content (AvgIpc) is 2.42. The molecule has 2 aromatic rings. The second-order valence-electron chi connectivity index (χ2n) is 4.12. The van der Waals surface area contributed by atoms with Gasteiger partial charge in [0, 0.05) is 25.7 Å². The summed E-state index contributed by atoms with van der Waals surface area (Å²) in [7, 11) is 1.86. The van der Waals surface area contributed by atoms with Crippen LogP contribution in [0.15, 0.2) is 30.3 Å². The van der Waals surface area contributed by atoms with Crippen LogP contribution < -0.4 is 10.6 Å². The van der Waals surface area contributed by atoms with E-state index < -0.39 is 11.6 Å². The molecule has 0 aliphatic carbocycles. The molecule has 2 rings (SSSR count). The number of rotatable bonds is 4. The van der Waals surface area contributed by atoms with E-state index in [2.05, 4.69) is 10.2 Å². The van der Waals surface area contributed by atoms with Crippen molar-refractivity contribution in [1.29, 1.82) is 0 Å². The third-order valence-corrected chi connectivity index (χ3v) is 2.72. The van der Waals surface area contributed by atoms with E-state index in [0.29, 0.717) is 30.2 Å². The van der Waals surface area contributed by atoms with Crippen LogP contribution in [0.2, 0.25) is 0 Å². The van der Waals surface area contributed by atoms with Crippen LogP contribution >= 0.6 is 0 Å². The van der Waals surface area contributed by atoms with E-state index >= 15 is 0 Å². The molecular weight excluding hydrogens is 250 g/mol. The van der Waals surface area contributed by atoms with Crippen LogP contribution in [0.4, 0.5) is 14.6 Å². The Morgan fingerprint density at radius 1 is 1.11 bits per heavy atom. The lowest BCUT2D eigenvalue weighted by atomic mass is 10.1. The average molecular weight is 264 g/mol. The summed E-state index contributed by atoms with van der Waals surface area (Å²) in [6.45, 7) is 1.18. The number of halogens is 2. The molecule has 0 radical (unpaired) electrons. The molecule has 19 heavy (non-hydrogen) atoms. The predicted molar refractivity (Wildman–Crippen MR) is 69.7 cm³/mol. The first-order valence-electron chi connectivity index (χ1n) is 5.82. The molecule has 0 atom stereocenters. The highest BCUT2D eigenvalue weighted by Gasteiger charge is 2.07. The van der Waals surface area contributed by atoms with Gasteiger partial charge in [0.25, 0.3) is 0 Å². The third kappa shape index (κ3) is 3.03. The van der Waals surface area contributed by atoms with Gasteiger partial charge in [0.1, 0.15) is 0 Å². The number of anilines is 1. The van der Waals surface area contributed by atoms with Crippen molar-refractivity contribution < 1.29 is 8.78 Å². The Morgan fingerprint density at radius 3 is 2.47 bits per heavy atom. The fourth-order valence-corrected chi connectivity index (χ4v) is 1.65. The minimum absolute atomic E-state index is 0.486. The fraction of sp³-hybridized carbons (Fsp3) is 0.231. The highest BCUT2D eigenvalue weighted by molar-refractivity contribution is 5.59. The van der Waals surface area contributed by atoms with Gasteiger partial charge in [-0.1, -0.05) is 0 Å². The maximum absolute atomic E-state index is 13.1. The van der Waals surface area contributed by atoms with Crippen LogP contribution in [0.1, 0.15) is 0 Å². The van der Waals surface area contributed by atoms with Crippen LogP contribution in [0.5, 0.6) is 0 Å². The van der Waals surface area contributed by atoms with Crippen molar-refractivity contribution in [2.75, 3.05) is 25.0 Å². The molecule has 1 aromatic heterocycles. The molecule has 4 nitrogen and oxygen atoms in total. The summed E-state index contributed by atoms with van der Waals surface area (Å²) in [4.78, 5) is 1.86. The van der Waals surface area contributed by atoms with Crippen LogP contribution in [0, 0.1) is 11.6 Å². The maximum atomic E-state index is 13.1. The molecule has 2 N–H and O–H groups in total. The lowest BCUT2D eigenvalue weighted by Crippen LogP contribution is -2.25. The first-order chi connectivity index (χ1) is 9.11. The smallest absolute Gasteiger partial charge is 0.159 e. The molecule has 0 aliphatic heterocycles. The van der Waals surface area contributed by atoms with Gasteiger partial charge in [-0.05, 0) is 30.3 Å². The van der Waals surface area contributed by atoms with Gasteiger partial charge in [-0.25, -0.2) is 8.78 Å². The van der Waals surface area contributed by atoms with Crippen LogP contribution in [0.25, 0.3) is 11.3 Å². The summed E-state index contributed by atoms with van der Waals surface area (Å²) < 4.78 is 26.0. The van der Waals surface area contributed by atoms with Crippen molar-refractivity contribution in [3.8, 4) is 11.3 Å². The van der Waals surface area contributed by atoms with E-state index in [4.69, 9.17) is 5.73 Å². The third-order valence-electron chi connectivity index (χ3n) is 2.72. The van der Waals surface area contributed by atoms with E-state index in [1.54, 1.807) is 12.1 Å². The largest absolute Gasteiger partial charge is 0.357 e. The summed E-state index contributed by atoms with van der Waals surface area (Å²) in [5, 5.41) is 8.03. The number of nitrogens with two attached hydrogens (primary N) is 1. The maximum Gasteiger partial charge on any atom is 0.159 e. The molecule has 100 valence electrons. The molecule has 0 aliphatic rings. The minimum Gasteiger partial charge on any atom is -0.357 e. The molecule has 0 unspecified atom stereocenters. The second-order valence-corrected chi connectivity index (χ2v) is 4.12. The summed E-state index contributed by atoms with van der Waals surface area (Å²) in [6.07, 6.45) is 0. The highest BCUT2D eigenvalue weighted by Crippen LogP contribution is 2.20. The van der Waals surface area contributed by atoms with Crippen molar-refractivity contribution in [2.24, 2.45) is 5.73 Å². The highest BCUT2D eigenvalue weighted by atomic mass is 19.2. The zero-order chi connectivity index (χ0) is 13.8. The molecule has 0 amide bonds. The van der Waals surface area contributed by atoms with E-state index in [9.17, 15) is 8.78 Å². The van der Waals surface area contributed by atoms with Crippen LogP contribution in [-0.2, 0) is 0 Å². The summed E-state index contributed by atoms with van der Waals surface area (Å²) in [5.74, 6) is -1.10. The fourth-order valence-electron chi connectivity index (χ4n) is 1.65. The Bertz CT molecular complexity index is 557. The van der Waals surface area contributed by atoms with Gasteiger partial charge in [-0.15, -0.1) is 10.2 Å². The summed E-state index contributed by atoms with van der Waals surface area (Å²) in [6, 6.07) is 7.11. The number of aromatic nitrogens is 2.